The van der Waals surface area contributed by atoms with E-state index in [2.05, 4.69) is 0 Å². The largest absolute Gasteiger partial charge is 0.266 e. The molecule has 0 aromatic heterocycles. The zero-order valence-electron chi connectivity index (χ0n) is 7.13. The number of hydrogen-bond acceptors (Lipinski definition) is 1. The van der Waals surface area contributed by atoms with Crippen LogP contribution in [0.25, 0.3) is 0 Å². The third-order valence-corrected chi connectivity index (χ3v) is 0. The number of nitrogens with zero attached hydrogens (tertiary/aromatic N) is 1. The molecule has 0 bridgehead atoms. The van der Waals surface area contributed by atoms with Crippen LogP contribution in [-0.2, 0) is 0 Å². The fraction of sp³-hybridized carbons (Fsp3) is 0.800. The van der Waals surface area contributed by atoms with Crippen molar-refractivity contribution in [1.82, 2.24) is 0 Å². The Bertz CT molecular complexity index is 117. The molecule has 0 atom stereocenters. The van der Waals surface area contributed by atoms with E-state index >= 15 is 0 Å². The van der Waals surface area contributed by atoms with Gasteiger partial charge < -0.3 is 0 Å². The van der Waals surface area contributed by atoms with Crippen molar-refractivity contribution in [3.05, 3.63) is 0 Å². The minimum Gasteiger partial charge on any atom is -0.199 e. The molecule has 0 fully saturated rings. The van der Waals surface area contributed by atoms with Crippen LogP contribution in [0, 0.1) is 11.3 Å². The second kappa shape index (κ2) is 21.4. The monoisotopic (exact) mass is 395 g/mol. The van der Waals surface area contributed by atoms with E-state index < -0.39 is 7.55 Å². The molecule has 0 saturated carbocycles. The maximum Gasteiger partial charge on any atom is 0.266 e. The Morgan fingerprint density at radius 3 is 1.07 bits per heavy atom. The van der Waals surface area contributed by atoms with Gasteiger partial charge in [-0.25, -0.2) is 0 Å². The smallest absolute Gasteiger partial charge is 0.199 e. The van der Waals surface area contributed by atoms with Crippen LogP contribution < -0.4 is 0 Å². The summed E-state index contributed by atoms with van der Waals surface area (Å²) in [6, 6.07) is 1.75. The van der Waals surface area contributed by atoms with Gasteiger partial charge >= 0.3 is 0 Å². The first-order valence-corrected chi connectivity index (χ1v) is 6.56. The number of rotatable bonds is 0. The van der Waals surface area contributed by atoms with Gasteiger partial charge in [-0.2, -0.15) is 5.26 Å². The predicted molar refractivity (Wildman–Crippen MR) is 75.4 cm³/mol. The normalized spacial score (nSPS) is 8.13. The Morgan fingerprint density at radius 1 is 1.07 bits per heavy atom. The van der Waals surface area contributed by atoms with Crippen LogP contribution in [0.15, 0.2) is 0 Å². The van der Waals surface area contributed by atoms with Crippen molar-refractivity contribution in [3.63, 3.8) is 0 Å². The molecule has 10 heteroatoms. The lowest BCUT2D eigenvalue weighted by Gasteiger charge is -1.91. The Kier molecular flexibility index (Phi) is 36.8. The average Bonchev–Trinajstić information content (AvgIpc) is 1.82. The third kappa shape index (κ3) is 726. The molecule has 0 N–H and O–H groups in total. The summed E-state index contributed by atoms with van der Waals surface area (Å²) in [4.78, 5) is 0. The fourth-order valence-electron chi connectivity index (χ4n) is 0. The molecule has 0 spiro atoms. The van der Waals surface area contributed by atoms with Gasteiger partial charge in [0.2, 0.25) is 0 Å². The highest BCUT2D eigenvalue weighted by molar-refractivity contribution is 6.83. The van der Waals surface area contributed by atoms with Crippen molar-refractivity contribution < 1.29 is 0 Å². The summed E-state index contributed by atoms with van der Waals surface area (Å²) in [5.41, 5.74) is 0. The molecule has 0 saturated heterocycles. The Morgan fingerprint density at radius 2 is 1.07 bits per heavy atom. The van der Waals surface area contributed by atoms with Gasteiger partial charge in [-0.15, -0.1) is 23.2 Å². The van der Waals surface area contributed by atoms with Crippen LogP contribution in [0.3, 0.4) is 0 Å². The zero-order valence-corrected chi connectivity index (χ0v) is 13.9. The fourth-order valence-corrected chi connectivity index (χ4v) is 0. The van der Waals surface area contributed by atoms with E-state index in [0.29, 0.717) is 0 Å². The van der Waals surface area contributed by atoms with E-state index in [1.807, 2.05) is 0 Å². The SMILES string of the molecule is CC#N.ClC(Cl)(Cl)Cl.ClC(Cl)Cl.ClCCl. The lowest BCUT2D eigenvalue weighted by Crippen LogP contribution is -1.81. The molecule has 1 nitrogen and oxygen atoms in total. The Balaban J connectivity index is -0.0000000553. The molecule has 15 heavy (non-hydrogen) atoms. The predicted octanol–water partition coefficient (Wildman–Crippen LogP) is 6.49. The highest BCUT2D eigenvalue weighted by Crippen LogP contribution is 2.29. The van der Waals surface area contributed by atoms with Crippen molar-refractivity contribution >= 4 is 104 Å². The lowest BCUT2D eigenvalue weighted by atomic mass is 11.0. The second-order valence-corrected chi connectivity index (χ2v) is 7.22. The molecule has 0 rings (SSSR count). The summed E-state index contributed by atoms with van der Waals surface area (Å²) in [7, 11) is 0. The summed E-state index contributed by atoms with van der Waals surface area (Å²) >= 11 is 43.2. The summed E-state index contributed by atoms with van der Waals surface area (Å²) < 4.78 is -2.36. The van der Waals surface area contributed by atoms with Crippen molar-refractivity contribution in [2.45, 2.75) is 14.5 Å². The molecular formula is C5H6Cl9N. The molecule has 0 unspecified atom stereocenters. The summed E-state index contributed by atoms with van der Waals surface area (Å²) in [6.45, 7) is 1.43. The third-order valence-electron chi connectivity index (χ3n) is 0. The number of halogens is 9. The van der Waals surface area contributed by atoms with Crippen molar-refractivity contribution in [3.8, 4) is 6.07 Å². The van der Waals surface area contributed by atoms with Gasteiger partial charge in [0.1, 0.15) is 0 Å². The number of alkyl halides is 9. The molecule has 0 aliphatic carbocycles. The number of hydrogen-bond donors (Lipinski definition) is 0. The first kappa shape index (κ1) is 25.8. The van der Waals surface area contributed by atoms with E-state index in [4.69, 9.17) is 110 Å². The van der Waals surface area contributed by atoms with Crippen LogP contribution in [0.2, 0.25) is 0 Å². The van der Waals surface area contributed by atoms with Crippen molar-refractivity contribution in [1.29, 1.82) is 5.26 Å². The maximum absolute atomic E-state index is 7.32. The van der Waals surface area contributed by atoms with Crippen LogP contribution >= 0.6 is 104 Å². The molecular weight excluding hydrogens is 393 g/mol. The van der Waals surface area contributed by atoms with E-state index in [1.165, 1.54) is 6.92 Å². The molecule has 0 aromatic rings. The van der Waals surface area contributed by atoms with Crippen LogP contribution in [0.4, 0.5) is 0 Å². The van der Waals surface area contributed by atoms with Crippen LogP contribution in [-0.4, -0.2) is 12.9 Å². The highest BCUT2D eigenvalue weighted by atomic mass is 35.6. The van der Waals surface area contributed by atoms with Gasteiger partial charge in [0.25, 0.3) is 3.25 Å². The molecule has 0 amide bonds. The Labute approximate surface area is 134 Å². The van der Waals surface area contributed by atoms with Gasteiger partial charge in [-0.1, -0.05) is 81.2 Å². The maximum atomic E-state index is 7.32. The van der Waals surface area contributed by atoms with Gasteiger partial charge in [0.05, 0.1) is 11.4 Å². The van der Waals surface area contributed by atoms with E-state index in [-0.39, 0.29) is 5.34 Å². The lowest BCUT2D eigenvalue weighted by molar-refractivity contribution is 1.49. The van der Waals surface area contributed by atoms with Crippen molar-refractivity contribution in [2.75, 3.05) is 5.34 Å². The molecule has 0 aliphatic heterocycles. The van der Waals surface area contributed by atoms with Gasteiger partial charge in [0, 0.05) is 6.92 Å². The van der Waals surface area contributed by atoms with Crippen LogP contribution in [0.1, 0.15) is 6.92 Å². The second-order valence-electron chi connectivity index (χ2n) is 1.00. The first-order valence-electron chi connectivity index (χ1n) is 2.67. The summed E-state index contributed by atoms with van der Waals surface area (Å²) in [6.07, 6.45) is 0. The Hall–Kier alpha value is 2.10. The topological polar surface area (TPSA) is 23.8 Å². The molecule has 94 valence electrons. The molecule has 0 aromatic carbocycles. The first-order chi connectivity index (χ1) is 6.56. The zero-order chi connectivity index (χ0) is 13.5. The average molecular weight is 399 g/mol. The minimum atomic E-state index is -1.61. The standard InChI is InChI=1S/C2H3N.CCl4.CHCl3.CH2Cl2/c1-2-3;2-1(3,4)5;2-1(3)4;2-1-3/h1H3;;1H;1H2. The van der Waals surface area contributed by atoms with Crippen LogP contribution in [0.5, 0.6) is 0 Å². The van der Waals surface area contributed by atoms with Gasteiger partial charge in [-0.05, 0) is 0 Å². The molecule has 0 aliphatic rings. The van der Waals surface area contributed by atoms with Crippen molar-refractivity contribution in [2.24, 2.45) is 0 Å². The summed E-state index contributed by atoms with van der Waals surface area (Å²) in [5, 5.41) is 7.51. The molecule has 0 heterocycles. The number of nitriles is 1. The highest BCUT2D eigenvalue weighted by Gasteiger charge is 2.11. The quantitative estimate of drug-likeness (QED) is 0.427. The van der Waals surface area contributed by atoms with E-state index in [9.17, 15) is 0 Å². The molecule has 0 radical (unpaired) electrons. The van der Waals surface area contributed by atoms with Gasteiger partial charge in [-0.3, -0.25) is 0 Å². The summed E-state index contributed by atoms with van der Waals surface area (Å²) in [5.74, 6) is 0. The van der Waals surface area contributed by atoms with E-state index in [1.54, 1.807) is 6.07 Å². The van der Waals surface area contributed by atoms with Gasteiger partial charge in [0.15, 0.2) is 4.30 Å². The minimum absolute atomic E-state index is 0.194. The van der Waals surface area contributed by atoms with E-state index in [0.717, 1.165) is 0 Å².